The molecule has 1 atom stereocenters. The minimum Gasteiger partial charge on any atom is -0.379 e. The summed E-state index contributed by atoms with van der Waals surface area (Å²) in [6.45, 7) is 6.68. The summed E-state index contributed by atoms with van der Waals surface area (Å²) in [5, 5.41) is 0. The molecular formula is C11H23ClN2O3S. The highest BCUT2D eigenvalue weighted by molar-refractivity contribution is 7.89. The Morgan fingerprint density at radius 2 is 2.06 bits per heavy atom. The normalized spacial score (nSPS) is 19.9. The Balaban J connectivity index is 2.12. The molecule has 5 nitrogen and oxygen atoms in total. The first kappa shape index (κ1) is 16.2. The molecule has 7 heteroatoms. The summed E-state index contributed by atoms with van der Waals surface area (Å²) >= 11 is 5.61. The lowest BCUT2D eigenvalue weighted by molar-refractivity contribution is 0.0376. The number of rotatable bonds is 8. The van der Waals surface area contributed by atoms with E-state index in [1.54, 1.807) is 0 Å². The van der Waals surface area contributed by atoms with Gasteiger partial charge in [0.15, 0.2) is 0 Å². The van der Waals surface area contributed by atoms with Crippen molar-refractivity contribution in [3.05, 3.63) is 0 Å². The first-order valence-electron chi connectivity index (χ1n) is 6.37. The Morgan fingerprint density at radius 3 is 2.67 bits per heavy atom. The van der Waals surface area contributed by atoms with Gasteiger partial charge in [0.2, 0.25) is 10.0 Å². The summed E-state index contributed by atoms with van der Waals surface area (Å²) in [5.74, 6) is 0.464. The second-order valence-corrected chi connectivity index (χ2v) is 6.90. The molecule has 1 rings (SSSR count). The fraction of sp³-hybridized carbons (Fsp3) is 1.00. The zero-order valence-electron chi connectivity index (χ0n) is 10.9. The fourth-order valence-corrected chi connectivity index (χ4v) is 3.51. The van der Waals surface area contributed by atoms with Crippen LogP contribution >= 0.6 is 11.6 Å². The average Bonchev–Trinajstić information content (AvgIpc) is 2.35. The molecular weight excluding hydrogens is 276 g/mol. The van der Waals surface area contributed by atoms with E-state index in [1.807, 2.05) is 6.92 Å². The summed E-state index contributed by atoms with van der Waals surface area (Å²) in [4.78, 5) is 2.29. The number of hydrogen-bond acceptors (Lipinski definition) is 4. The molecule has 0 aromatic carbocycles. The number of nitrogens with zero attached hydrogens (tertiary/aromatic N) is 1. The van der Waals surface area contributed by atoms with Crippen molar-refractivity contribution < 1.29 is 13.2 Å². The topological polar surface area (TPSA) is 58.6 Å². The molecule has 108 valence electrons. The molecule has 1 unspecified atom stereocenters. The van der Waals surface area contributed by atoms with Crippen LogP contribution < -0.4 is 4.72 Å². The van der Waals surface area contributed by atoms with Crippen LogP contribution in [0, 0.1) is 5.92 Å². The third-order valence-corrected chi connectivity index (χ3v) is 5.02. The summed E-state index contributed by atoms with van der Waals surface area (Å²) in [6.07, 6.45) is 0.828. The van der Waals surface area contributed by atoms with Crippen LogP contribution in [0.15, 0.2) is 0 Å². The van der Waals surface area contributed by atoms with Crippen LogP contribution in [0.4, 0.5) is 0 Å². The molecule has 1 fully saturated rings. The van der Waals surface area contributed by atoms with Gasteiger partial charge in [-0.15, -0.1) is 11.6 Å². The second-order valence-electron chi connectivity index (χ2n) is 4.74. The maximum Gasteiger partial charge on any atom is 0.211 e. The van der Waals surface area contributed by atoms with Gasteiger partial charge in [0, 0.05) is 25.5 Å². The fourth-order valence-electron chi connectivity index (χ4n) is 1.83. The van der Waals surface area contributed by atoms with Gasteiger partial charge in [-0.25, -0.2) is 13.1 Å². The molecule has 0 aromatic rings. The van der Waals surface area contributed by atoms with E-state index in [1.165, 1.54) is 0 Å². The molecule has 0 aliphatic carbocycles. The van der Waals surface area contributed by atoms with Crippen LogP contribution in [0.1, 0.15) is 13.3 Å². The highest BCUT2D eigenvalue weighted by Gasteiger charge is 2.15. The lowest BCUT2D eigenvalue weighted by Gasteiger charge is -2.26. The van der Waals surface area contributed by atoms with E-state index in [2.05, 4.69) is 9.62 Å². The average molecular weight is 299 g/mol. The van der Waals surface area contributed by atoms with E-state index in [0.29, 0.717) is 12.4 Å². The third-order valence-electron chi connectivity index (χ3n) is 2.84. The first-order valence-corrected chi connectivity index (χ1v) is 8.55. The zero-order valence-corrected chi connectivity index (χ0v) is 12.5. The van der Waals surface area contributed by atoms with Crippen LogP contribution in [0.5, 0.6) is 0 Å². The predicted molar refractivity (Wildman–Crippen MR) is 73.5 cm³/mol. The van der Waals surface area contributed by atoms with Crippen LogP contribution in [0.2, 0.25) is 0 Å². The SMILES string of the molecule is CC(CCl)CS(=O)(=O)NCCCN1CCOCC1. The Kier molecular flexibility index (Phi) is 7.48. The number of morpholine rings is 1. The third kappa shape index (κ3) is 6.89. The molecule has 0 amide bonds. The summed E-state index contributed by atoms with van der Waals surface area (Å²) in [7, 11) is -3.17. The van der Waals surface area contributed by atoms with Crippen molar-refractivity contribution in [2.24, 2.45) is 5.92 Å². The van der Waals surface area contributed by atoms with Crippen LogP contribution in [-0.4, -0.2) is 64.3 Å². The van der Waals surface area contributed by atoms with Gasteiger partial charge in [0.25, 0.3) is 0 Å². The maximum atomic E-state index is 11.6. The first-order chi connectivity index (χ1) is 8.53. The molecule has 1 aliphatic heterocycles. The number of nitrogens with one attached hydrogen (secondary N) is 1. The number of alkyl halides is 1. The van der Waals surface area contributed by atoms with E-state index < -0.39 is 10.0 Å². The van der Waals surface area contributed by atoms with Gasteiger partial charge in [0.1, 0.15) is 0 Å². The highest BCUT2D eigenvalue weighted by atomic mass is 35.5. The molecule has 0 saturated carbocycles. The summed E-state index contributed by atoms with van der Waals surface area (Å²) in [5.41, 5.74) is 0. The van der Waals surface area contributed by atoms with Crippen LogP contribution in [-0.2, 0) is 14.8 Å². The van der Waals surface area contributed by atoms with Gasteiger partial charge < -0.3 is 4.74 Å². The second kappa shape index (κ2) is 8.32. The molecule has 1 N–H and O–H groups in total. The van der Waals surface area contributed by atoms with Gasteiger partial charge in [-0.3, -0.25) is 4.90 Å². The largest absolute Gasteiger partial charge is 0.379 e. The predicted octanol–water partition coefficient (Wildman–Crippen LogP) is 0.503. The number of hydrogen-bond donors (Lipinski definition) is 1. The molecule has 1 aliphatic rings. The van der Waals surface area contributed by atoms with Crippen molar-refractivity contribution in [1.82, 2.24) is 9.62 Å². The number of halogens is 1. The quantitative estimate of drug-likeness (QED) is 0.524. The van der Waals surface area contributed by atoms with Crippen LogP contribution in [0.25, 0.3) is 0 Å². The molecule has 0 spiro atoms. The number of sulfonamides is 1. The van der Waals surface area contributed by atoms with E-state index in [4.69, 9.17) is 16.3 Å². The van der Waals surface area contributed by atoms with Crippen molar-refractivity contribution in [3.8, 4) is 0 Å². The smallest absolute Gasteiger partial charge is 0.211 e. The molecule has 18 heavy (non-hydrogen) atoms. The summed E-state index contributed by atoms with van der Waals surface area (Å²) in [6, 6.07) is 0. The Hall–Kier alpha value is 0.120. The van der Waals surface area contributed by atoms with E-state index in [-0.39, 0.29) is 11.7 Å². The molecule has 1 heterocycles. The zero-order chi connectivity index (χ0) is 13.4. The van der Waals surface area contributed by atoms with Crippen molar-refractivity contribution in [2.45, 2.75) is 13.3 Å². The Labute approximate surface area is 115 Å². The lowest BCUT2D eigenvalue weighted by Crippen LogP contribution is -2.38. The van der Waals surface area contributed by atoms with E-state index >= 15 is 0 Å². The summed E-state index contributed by atoms with van der Waals surface area (Å²) < 4.78 is 31.2. The van der Waals surface area contributed by atoms with Gasteiger partial charge in [-0.1, -0.05) is 6.92 Å². The van der Waals surface area contributed by atoms with Crippen molar-refractivity contribution >= 4 is 21.6 Å². The standard InChI is InChI=1S/C11H23ClN2O3S/c1-11(9-12)10-18(15,16)13-3-2-4-14-5-7-17-8-6-14/h11,13H,2-10H2,1H3. The van der Waals surface area contributed by atoms with Crippen molar-refractivity contribution in [1.29, 1.82) is 0 Å². The van der Waals surface area contributed by atoms with Gasteiger partial charge in [-0.05, 0) is 18.9 Å². The van der Waals surface area contributed by atoms with Crippen molar-refractivity contribution in [3.63, 3.8) is 0 Å². The minimum atomic E-state index is -3.17. The molecule has 0 bridgehead atoms. The van der Waals surface area contributed by atoms with Crippen LogP contribution in [0.3, 0.4) is 0 Å². The van der Waals surface area contributed by atoms with Gasteiger partial charge in [0.05, 0.1) is 19.0 Å². The van der Waals surface area contributed by atoms with E-state index in [0.717, 1.165) is 39.3 Å². The minimum absolute atomic E-state index is 0.0107. The highest BCUT2D eigenvalue weighted by Crippen LogP contribution is 2.02. The molecule has 0 radical (unpaired) electrons. The monoisotopic (exact) mass is 298 g/mol. The van der Waals surface area contributed by atoms with Gasteiger partial charge >= 0.3 is 0 Å². The Bertz CT molecular complexity index is 318. The Morgan fingerprint density at radius 1 is 1.39 bits per heavy atom. The lowest BCUT2D eigenvalue weighted by atomic mass is 10.3. The number of ether oxygens (including phenoxy) is 1. The van der Waals surface area contributed by atoms with E-state index in [9.17, 15) is 8.42 Å². The molecule has 0 aromatic heterocycles. The van der Waals surface area contributed by atoms with Gasteiger partial charge in [-0.2, -0.15) is 0 Å². The maximum absolute atomic E-state index is 11.6. The molecule has 1 saturated heterocycles. The van der Waals surface area contributed by atoms with Crippen molar-refractivity contribution in [2.75, 3.05) is 51.0 Å².